The average Bonchev–Trinajstić information content (AvgIpc) is 2.60. The summed E-state index contributed by atoms with van der Waals surface area (Å²) in [6.45, 7) is 3.68. The second-order valence-electron chi connectivity index (χ2n) is 5.63. The second-order valence-corrected chi connectivity index (χ2v) is 5.63. The van der Waals surface area contributed by atoms with Gasteiger partial charge < -0.3 is 20.1 Å². The third-order valence-corrected chi connectivity index (χ3v) is 3.29. The van der Waals surface area contributed by atoms with Gasteiger partial charge in [0.25, 0.3) is 0 Å². The Morgan fingerprint density at radius 2 is 1.72 bits per heavy atom. The van der Waals surface area contributed by atoms with Crippen LogP contribution in [-0.2, 0) is 9.53 Å². The summed E-state index contributed by atoms with van der Waals surface area (Å²) < 4.78 is 10.3. The van der Waals surface area contributed by atoms with Gasteiger partial charge in [-0.15, -0.1) is 0 Å². The SMILES string of the molecule is COc1ccccc1NCC(=O)Nc1ccc(C(=O)OC(C)C)cc1. The summed E-state index contributed by atoms with van der Waals surface area (Å²) in [4.78, 5) is 23.8. The predicted octanol–water partition coefficient (Wildman–Crippen LogP) is 3.31. The van der Waals surface area contributed by atoms with E-state index < -0.39 is 0 Å². The maximum Gasteiger partial charge on any atom is 0.338 e. The minimum absolute atomic E-state index is 0.0948. The fraction of sp³-hybridized carbons (Fsp3) is 0.263. The van der Waals surface area contributed by atoms with E-state index in [9.17, 15) is 9.59 Å². The molecule has 2 aromatic carbocycles. The van der Waals surface area contributed by atoms with Crippen LogP contribution in [-0.4, -0.2) is 31.6 Å². The first-order valence-electron chi connectivity index (χ1n) is 7.97. The maximum atomic E-state index is 12.0. The number of benzene rings is 2. The van der Waals surface area contributed by atoms with Crippen molar-refractivity contribution < 1.29 is 19.1 Å². The molecular formula is C19H22N2O4. The minimum atomic E-state index is -0.384. The summed E-state index contributed by atoms with van der Waals surface area (Å²) in [6.07, 6.45) is -0.173. The number of ether oxygens (including phenoxy) is 2. The Balaban J connectivity index is 1.89. The van der Waals surface area contributed by atoms with Crippen LogP contribution >= 0.6 is 0 Å². The Kier molecular flexibility index (Phi) is 6.39. The molecule has 0 atom stereocenters. The van der Waals surface area contributed by atoms with Crippen LogP contribution in [0, 0.1) is 0 Å². The molecule has 0 saturated carbocycles. The van der Waals surface area contributed by atoms with Crippen molar-refractivity contribution in [1.29, 1.82) is 0 Å². The molecule has 0 unspecified atom stereocenters. The lowest BCUT2D eigenvalue weighted by molar-refractivity contribution is -0.114. The molecule has 0 saturated heterocycles. The lowest BCUT2D eigenvalue weighted by Crippen LogP contribution is -2.22. The zero-order chi connectivity index (χ0) is 18.2. The van der Waals surface area contributed by atoms with Crippen LogP contribution < -0.4 is 15.4 Å². The van der Waals surface area contributed by atoms with Crippen LogP contribution in [0.4, 0.5) is 11.4 Å². The quantitative estimate of drug-likeness (QED) is 0.755. The van der Waals surface area contributed by atoms with Gasteiger partial charge in [0.15, 0.2) is 0 Å². The largest absolute Gasteiger partial charge is 0.495 e. The fourth-order valence-corrected chi connectivity index (χ4v) is 2.14. The van der Waals surface area contributed by atoms with Crippen LogP contribution in [0.3, 0.4) is 0 Å². The molecule has 0 bridgehead atoms. The Morgan fingerprint density at radius 3 is 2.36 bits per heavy atom. The molecule has 0 aliphatic heterocycles. The molecule has 2 N–H and O–H groups in total. The van der Waals surface area contributed by atoms with E-state index in [2.05, 4.69) is 10.6 Å². The number of carbonyl (C=O) groups excluding carboxylic acids is 2. The number of methoxy groups -OCH3 is 1. The molecule has 6 nitrogen and oxygen atoms in total. The van der Waals surface area contributed by atoms with Gasteiger partial charge in [0.2, 0.25) is 5.91 Å². The van der Waals surface area contributed by atoms with Gasteiger partial charge >= 0.3 is 5.97 Å². The molecule has 0 spiro atoms. The molecule has 6 heteroatoms. The molecule has 1 amide bonds. The highest BCUT2D eigenvalue weighted by atomic mass is 16.5. The Morgan fingerprint density at radius 1 is 1.04 bits per heavy atom. The summed E-state index contributed by atoms with van der Waals surface area (Å²) >= 11 is 0. The maximum absolute atomic E-state index is 12.0. The molecule has 0 aromatic heterocycles. The predicted molar refractivity (Wildman–Crippen MR) is 97.1 cm³/mol. The standard InChI is InChI=1S/C19H22N2O4/c1-13(2)25-19(23)14-8-10-15(11-9-14)21-18(22)12-20-16-6-4-5-7-17(16)24-3/h4-11,13,20H,12H2,1-3H3,(H,21,22). The number of para-hydroxylation sites is 2. The van der Waals surface area contributed by atoms with Crippen molar-refractivity contribution in [3.8, 4) is 5.75 Å². The van der Waals surface area contributed by atoms with E-state index in [1.807, 2.05) is 24.3 Å². The minimum Gasteiger partial charge on any atom is -0.495 e. The van der Waals surface area contributed by atoms with Gasteiger partial charge in [-0.25, -0.2) is 4.79 Å². The zero-order valence-corrected chi connectivity index (χ0v) is 14.5. The van der Waals surface area contributed by atoms with Crippen LogP contribution in [0.5, 0.6) is 5.75 Å². The number of hydrogen-bond acceptors (Lipinski definition) is 5. The number of carbonyl (C=O) groups is 2. The number of hydrogen-bond donors (Lipinski definition) is 2. The summed E-state index contributed by atoms with van der Waals surface area (Å²) in [7, 11) is 1.58. The Bertz CT molecular complexity index is 726. The van der Waals surface area contributed by atoms with Crippen molar-refractivity contribution in [2.45, 2.75) is 20.0 Å². The molecule has 132 valence electrons. The molecule has 0 radical (unpaired) electrons. The van der Waals surface area contributed by atoms with Crippen LogP contribution in [0.25, 0.3) is 0 Å². The van der Waals surface area contributed by atoms with E-state index in [4.69, 9.17) is 9.47 Å². The van der Waals surface area contributed by atoms with Gasteiger partial charge in [-0.3, -0.25) is 4.79 Å². The van der Waals surface area contributed by atoms with E-state index in [1.54, 1.807) is 45.2 Å². The van der Waals surface area contributed by atoms with E-state index in [0.717, 1.165) is 5.69 Å². The Hall–Kier alpha value is -3.02. The number of esters is 1. The van der Waals surface area contributed by atoms with Crippen molar-refractivity contribution in [2.24, 2.45) is 0 Å². The fourth-order valence-electron chi connectivity index (χ4n) is 2.14. The summed E-state index contributed by atoms with van der Waals surface area (Å²) in [6, 6.07) is 13.9. The van der Waals surface area contributed by atoms with Gasteiger partial charge in [-0.05, 0) is 50.2 Å². The smallest absolute Gasteiger partial charge is 0.338 e. The van der Waals surface area contributed by atoms with Gasteiger partial charge in [-0.1, -0.05) is 12.1 Å². The molecule has 2 rings (SSSR count). The van der Waals surface area contributed by atoms with Crippen molar-refractivity contribution >= 4 is 23.3 Å². The number of anilines is 2. The van der Waals surface area contributed by atoms with Gasteiger partial charge in [0, 0.05) is 5.69 Å². The first kappa shape index (κ1) is 18.3. The second kappa shape index (κ2) is 8.73. The molecule has 25 heavy (non-hydrogen) atoms. The average molecular weight is 342 g/mol. The molecule has 0 aliphatic rings. The van der Waals surface area contributed by atoms with Crippen LogP contribution in [0.1, 0.15) is 24.2 Å². The first-order valence-corrected chi connectivity index (χ1v) is 7.97. The third-order valence-electron chi connectivity index (χ3n) is 3.29. The molecule has 0 aliphatic carbocycles. The number of amides is 1. The summed E-state index contributed by atoms with van der Waals surface area (Å²) in [5.41, 5.74) is 1.79. The lowest BCUT2D eigenvalue weighted by atomic mass is 10.2. The highest BCUT2D eigenvalue weighted by Crippen LogP contribution is 2.22. The topological polar surface area (TPSA) is 76.7 Å². The number of nitrogens with one attached hydrogen (secondary N) is 2. The van der Waals surface area contributed by atoms with Gasteiger partial charge in [0.05, 0.1) is 31.0 Å². The van der Waals surface area contributed by atoms with Crippen molar-refractivity contribution in [3.63, 3.8) is 0 Å². The van der Waals surface area contributed by atoms with E-state index in [0.29, 0.717) is 17.0 Å². The normalized spacial score (nSPS) is 10.2. The van der Waals surface area contributed by atoms with Crippen LogP contribution in [0.2, 0.25) is 0 Å². The van der Waals surface area contributed by atoms with Crippen molar-refractivity contribution in [2.75, 3.05) is 24.3 Å². The number of rotatable bonds is 7. The zero-order valence-electron chi connectivity index (χ0n) is 14.5. The highest BCUT2D eigenvalue weighted by Gasteiger charge is 2.10. The van der Waals surface area contributed by atoms with Gasteiger partial charge in [-0.2, -0.15) is 0 Å². The third kappa shape index (κ3) is 5.53. The monoisotopic (exact) mass is 342 g/mol. The highest BCUT2D eigenvalue weighted by molar-refractivity contribution is 5.95. The molecule has 2 aromatic rings. The first-order chi connectivity index (χ1) is 12.0. The molecule has 0 heterocycles. The van der Waals surface area contributed by atoms with Crippen molar-refractivity contribution in [3.05, 3.63) is 54.1 Å². The van der Waals surface area contributed by atoms with Gasteiger partial charge in [0.1, 0.15) is 5.75 Å². The summed E-state index contributed by atoms with van der Waals surface area (Å²) in [5, 5.41) is 5.79. The van der Waals surface area contributed by atoms with E-state index in [-0.39, 0.29) is 24.5 Å². The van der Waals surface area contributed by atoms with Crippen LogP contribution in [0.15, 0.2) is 48.5 Å². The van der Waals surface area contributed by atoms with E-state index in [1.165, 1.54) is 0 Å². The van der Waals surface area contributed by atoms with Crippen molar-refractivity contribution in [1.82, 2.24) is 0 Å². The molecule has 0 fully saturated rings. The lowest BCUT2D eigenvalue weighted by Gasteiger charge is -2.11. The molecular weight excluding hydrogens is 320 g/mol. The Labute approximate surface area is 147 Å². The van der Waals surface area contributed by atoms with E-state index >= 15 is 0 Å². The summed E-state index contributed by atoms with van der Waals surface area (Å²) in [5.74, 6) is 0.0810.